The zero-order chi connectivity index (χ0) is 41.1. The Balaban J connectivity index is 2.30. The van der Waals surface area contributed by atoms with Crippen LogP contribution in [0, 0.1) is 5.92 Å². The van der Waals surface area contributed by atoms with E-state index >= 15 is 0 Å². The zero-order valence-electron chi connectivity index (χ0n) is 34.7. The molecule has 322 valence electrons. The summed E-state index contributed by atoms with van der Waals surface area (Å²) in [6.45, 7) is 4.46. The number of unbranched alkanes of at least 4 members (excludes halogenated alkanes) is 9. The van der Waals surface area contributed by atoms with E-state index in [-0.39, 0.29) is 19.4 Å². The van der Waals surface area contributed by atoms with E-state index in [0.29, 0.717) is 25.0 Å². The number of phosphoric acid groups is 1. The van der Waals surface area contributed by atoms with E-state index in [1.165, 1.54) is 44.9 Å². The Labute approximate surface area is 338 Å². The molecule has 0 aromatic rings. The fraction of sp³-hybridized carbons (Fsp3) is 0.727. The van der Waals surface area contributed by atoms with Crippen LogP contribution in [0.15, 0.2) is 60.8 Å². The largest absolute Gasteiger partial charge is 0.472 e. The Bertz CT molecular complexity index is 1200. The number of aliphatic hydroxyl groups is 2. The first kappa shape index (κ1) is 51.6. The molecule has 0 aromatic carbocycles. The average molecular weight is 811 g/mol. The molecule has 0 bridgehead atoms. The maximum Gasteiger partial charge on any atom is 0.472 e. The van der Waals surface area contributed by atoms with E-state index in [1.807, 2.05) is 12.2 Å². The molecular formula is C44H75O11P. The lowest BCUT2D eigenvalue weighted by Gasteiger charge is -2.20. The first-order valence-electron chi connectivity index (χ1n) is 21.2. The summed E-state index contributed by atoms with van der Waals surface area (Å²) in [6.07, 6.45) is 38.2. The molecule has 1 aliphatic rings. The van der Waals surface area contributed by atoms with Crippen molar-refractivity contribution in [3.05, 3.63) is 60.8 Å². The molecule has 3 N–H and O–H groups in total. The average Bonchev–Trinajstić information content (AvgIpc) is 3.93. The fourth-order valence-corrected chi connectivity index (χ4v) is 6.45. The summed E-state index contributed by atoms with van der Waals surface area (Å²) >= 11 is 0. The molecule has 3 unspecified atom stereocenters. The van der Waals surface area contributed by atoms with Gasteiger partial charge >= 0.3 is 19.8 Å². The Morgan fingerprint density at radius 1 is 0.679 bits per heavy atom. The molecule has 12 heteroatoms. The predicted molar refractivity (Wildman–Crippen MR) is 223 cm³/mol. The van der Waals surface area contributed by atoms with Crippen molar-refractivity contribution < 1.29 is 52.5 Å². The van der Waals surface area contributed by atoms with Gasteiger partial charge in [-0.1, -0.05) is 146 Å². The van der Waals surface area contributed by atoms with Crippen LogP contribution in [0.3, 0.4) is 0 Å². The second kappa shape index (κ2) is 34.7. The topological polar surface area (TPSA) is 161 Å². The monoisotopic (exact) mass is 811 g/mol. The van der Waals surface area contributed by atoms with Gasteiger partial charge in [0, 0.05) is 12.8 Å². The minimum atomic E-state index is -4.64. The number of rotatable bonds is 37. The van der Waals surface area contributed by atoms with Crippen molar-refractivity contribution in [2.75, 3.05) is 26.4 Å². The molecule has 1 aliphatic heterocycles. The van der Waals surface area contributed by atoms with Gasteiger partial charge in [-0.25, -0.2) is 4.57 Å². The van der Waals surface area contributed by atoms with Crippen LogP contribution in [0.25, 0.3) is 0 Å². The van der Waals surface area contributed by atoms with Crippen molar-refractivity contribution >= 4 is 19.8 Å². The first-order valence-corrected chi connectivity index (χ1v) is 22.7. The molecular weight excluding hydrogens is 735 g/mol. The van der Waals surface area contributed by atoms with E-state index in [1.54, 1.807) is 0 Å². The van der Waals surface area contributed by atoms with Gasteiger partial charge in [0.1, 0.15) is 12.7 Å². The third kappa shape index (κ3) is 32.7. The van der Waals surface area contributed by atoms with Crippen LogP contribution in [0.5, 0.6) is 0 Å². The van der Waals surface area contributed by atoms with Crippen LogP contribution in [0.2, 0.25) is 0 Å². The van der Waals surface area contributed by atoms with Gasteiger partial charge in [-0.15, -0.1) is 0 Å². The normalized spacial score (nSPS) is 18.2. The number of carbonyl (C=O) groups excluding carboxylic acids is 2. The fourth-order valence-electron chi connectivity index (χ4n) is 5.66. The molecule has 0 aromatic heterocycles. The molecule has 0 amide bonds. The number of aliphatic hydroxyl groups excluding tert-OH is 2. The maximum atomic E-state index is 12.6. The Morgan fingerprint density at radius 3 is 1.77 bits per heavy atom. The summed E-state index contributed by atoms with van der Waals surface area (Å²) in [5.41, 5.74) is 0. The molecule has 1 heterocycles. The van der Waals surface area contributed by atoms with E-state index in [9.17, 15) is 24.2 Å². The molecule has 0 aliphatic carbocycles. The number of phosphoric ester groups is 1. The summed E-state index contributed by atoms with van der Waals surface area (Å²) in [5.74, 6) is -0.252. The van der Waals surface area contributed by atoms with Gasteiger partial charge in [0.05, 0.1) is 32.0 Å². The number of hydrogen-bond donors (Lipinski definition) is 3. The second-order valence-electron chi connectivity index (χ2n) is 14.9. The van der Waals surface area contributed by atoms with Crippen LogP contribution in [-0.2, 0) is 37.4 Å². The van der Waals surface area contributed by atoms with Crippen LogP contribution in [-0.4, -0.2) is 77.9 Å². The molecule has 5 atom stereocenters. The van der Waals surface area contributed by atoms with E-state index < -0.39 is 51.8 Å². The predicted octanol–water partition coefficient (Wildman–Crippen LogP) is 9.95. The van der Waals surface area contributed by atoms with Crippen molar-refractivity contribution in [3.63, 3.8) is 0 Å². The quantitative estimate of drug-likeness (QED) is 0.0180. The number of allylic oxidation sites excluding steroid dienone is 8. The third-order valence-electron chi connectivity index (χ3n) is 9.03. The number of esters is 2. The van der Waals surface area contributed by atoms with Crippen LogP contribution in [0.1, 0.15) is 149 Å². The second-order valence-corrected chi connectivity index (χ2v) is 16.3. The smallest absolute Gasteiger partial charge is 0.462 e. The SMILES string of the molecule is CC/C=C\CC1OC1C/C=C\C/C=C\C/C=C\C/C=C\CCC(=O)OC[C@H](COP(=O)(O)OC[C@@H](O)CO)OC(=O)CCCCCCCCCCCCC(C)C. The van der Waals surface area contributed by atoms with Gasteiger partial charge in [-0.3, -0.25) is 18.6 Å². The highest BCUT2D eigenvalue weighted by molar-refractivity contribution is 7.47. The van der Waals surface area contributed by atoms with E-state index in [0.717, 1.165) is 63.7 Å². The lowest BCUT2D eigenvalue weighted by Crippen LogP contribution is -2.29. The van der Waals surface area contributed by atoms with Gasteiger partial charge < -0.3 is 29.3 Å². The highest BCUT2D eigenvalue weighted by Crippen LogP contribution is 2.43. The molecule has 1 saturated heterocycles. The summed E-state index contributed by atoms with van der Waals surface area (Å²) in [6, 6.07) is 0. The number of hydrogen-bond acceptors (Lipinski definition) is 10. The zero-order valence-corrected chi connectivity index (χ0v) is 35.6. The molecule has 0 radical (unpaired) electrons. The summed E-state index contributed by atoms with van der Waals surface area (Å²) < 4.78 is 38.3. The summed E-state index contributed by atoms with van der Waals surface area (Å²) in [4.78, 5) is 34.9. The van der Waals surface area contributed by atoms with Crippen molar-refractivity contribution in [2.45, 2.75) is 174 Å². The number of carbonyl (C=O) groups is 2. The molecule has 1 fully saturated rings. The molecule has 0 spiro atoms. The van der Waals surface area contributed by atoms with Crippen molar-refractivity contribution in [1.29, 1.82) is 0 Å². The molecule has 56 heavy (non-hydrogen) atoms. The van der Waals surface area contributed by atoms with Gasteiger partial charge in [-0.2, -0.15) is 0 Å². The highest BCUT2D eigenvalue weighted by atomic mass is 31.2. The van der Waals surface area contributed by atoms with Crippen LogP contribution in [0.4, 0.5) is 0 Å². The Hall–Kier alpha value is -2.37. The minimum Gasteiger partial charge on any atom is -0.462 e. The lowest BCUT2D eigenvalue weighted by atomic mass is 10.0. The van der Waals surface area contributed by atoms with Gasteiger partial charge in [0.15, 0.2) is 6.10 Å². The molecule has 1 rings (SSSR count). The summed E-state index contributed by atoms with van der Waals surface area (Å²) in [7, 11) is -4.64. The Morgan fingerprint density at radius 2 is 1.20 bits per heavy atom. The molecule has 0 saturated carbocycles. The van der Waals surface area contributed by atoms with Gasteiger partial charge in [0.25, 0.3) is 0 Å². The maximum absolute atomic E-state index is 12.6. The van der Waals surface area contributed by atoms with Crippen LogP contribution >= 0.6 is 7.82 Å². The van der Waals surface area contributed by atoms with Crippen molar-refractivity contribution in [2.24, 2.45) is 5.92 Å². The van der Waals surface area contributed by atoms with Crippen molar-refractivity contribution in [3.8, 4) is 0 Å². The summed E-state index contributed by atoms with van der Waals surface area (Å²) in [5, 5.41) is 18.3. The minimum absolute atomic E-state index is 0.111. The number of epoxide rings is 1. The van der Waals surface area contributed by atoms with E-state index in [4.69, 9.17) is 23.8 Å². The van der Waals surface area contributed by atoms with Crippen LogP contribution < -0.4 is 0 Å². The van der Waals surface area contributed by atoms with Crippen molar-refractivity contribution in [1.82, 2.24) is 0 Å². The van der Waals surface area contributed by atoms with Gasteiger partial charge in [-0.05, 0) is 57.3 Å². The third-order valence-corrected chi connectivity index (χ3v) is 9.98. The first-order chi connectivity index (χ1) is 27.1. The van der Waals surface area contributed by atoms with Gasteiger partial charge in [0.2, 0.25) is 0 Å². The van der Waals surface area contributed by atoms with E-state index in [2.05, 4.69) is 73.9 Å². The lowest BCUT2D eigenvalue weighted by molar-refractivity contribution is -0.161. The Kier molecular flexibility index (Phi) is 32.0. The highest BCUT2D eigenvalue weighted by Gasteiger charge is 2.36. The standard InChI is InChI=1S/C44H75O11P/c1-4-5-24-30-41-42(55-41)31-26-21-17-13-8-6-7-9-14-18-22-27-32-43(47)51-36-40(37-53-56(49,50)52-35-39(46)34-45)54-44(48)33-28-23-19-15-11-10-12-16-20-25-29-38(2)3/h5,7-9,13,18,21-22,24,26,38-42,45-46H,4,6,10-12,14-17,19-20,23,25,27-37H2,1-3H3,(H,49,50)/b9-7-,13-8-,22-18-,24-5-,26-21-/t39-,40+,41?,42?/m0/s1. The number of ether oxygens (including phenoxy) is 3. The molecule has 11 nitrogen and oxygen atoms in total.